The van der Waals surface area contributed by atoms with Gasteiger partial charge in [0.05, 0.1) is 17.1 Å². The van der Waals surface area contributed by atoms with E-state index in [9.17, 15) is 27.6 Å². The number of aliphatic carboxylic acids is 1. The first-order chi connectivity index (χ1) is 48.7. The summed E-state index contributed by atoms with van der Waals surface area (Å²) in [6.07, 6.45) is 9.68. The smallest absolute Gasteiger partial charge is 0.350 e. The molecule has 2 amide bonds. The maximum atomic E-state index is 13.3. The number of aliphatic imine (C=N–C) groups is 3. The monoisotopic (exact) mass is 1440 g/mol. The number of carboxylic acid groups (broad SMARTS) is 1. The molecule has 14 rings (SSSR count). The van der Waals surface area contributed by atoms with E-state index in [0.29, 0.717) is 79.3 Å². The van der Waals surface area contributed by atoms with E-state index < -0.39 is 5.97 Å². The van der Waals surface area contributed by atoms with E-state index in [1.807, 2.05) is 60.7 Å². The molecule has 0 radical (unpaired) electrons. The number of carboxylic acids is 1. The third kappa shape index (κ3) is 23.5. The van der Waals surface area contributed by atoms with E-state index in [2.05, 4.69) is 104 Å². The summed E-state index contributed by atoms with van der Waals surface area (Å²) in [5.41, 5.74) is 26.5. The second-order valence-electron chi connectivity index (χ2n) is 26.2. The third-order valence-electron chi connectivity index (χ3n) is 19.5. The van der Waals surface area contributed by atoms with Crippen molar-refractivity contribution in [3.05, 3.63) is 233 Å². The Morgan fingerprint density at radius 1 is 0.442 bits per heavy atom. The van der Waals surface area contributed by atoms with E-state index in [1.54, 1.807) is 36.4 Å². The number of nitrogens with two attached hydrogens (primary N) is 2. The molecule has 6 aliphatic rings. The van der Waals surface area contributed by atoms with Crippen molar-refractivity contribution in [1.29, 1.82) is 0 Å². The van der Waals surface area contributed by atoms with Crippen LogP contribution in [0.4, 0.5) is 30.2 Å². The summed E-state index contributed by atoms with van der Waals surface area (Å²) in [6, 6.07) is 58.7. The molecule has 6 atom stereocenters. The molecule has 5 aliphatic heterocycles. The van der Waals surface area contributed by atoms with Gasteiger partial charge in [-0.2, -0.15) is 0 Å². The van der Waals surface area contributed by atoms with Gasteiger partial charge >= 0.3 is 5.97 Å². The number of nitrogens with one attached hydrogen (secondary N) is 2. The van der Waals surface area contributed by atoms with Crippen LogP contribution in [0, 0.1) is 41.1 Å². The van der Waals surface area contributed by atoms with Gasteiger partial charge in [-0.25, -0.2) is 32.9 Å². The van der Waals surface area contributed by atoms with E-state index in [4.69, 9.17) is 26.8 Å². The number of fused-ring (bicyclic) bond motifs is 3. The minimum Gasteiger partial charge on any atom is -0.477 e. The van der Waals surface area contributed by atoms with Crippen LogP contribution in [-0.4, -0.2) is 126 Å². The van der Waals surface area contributed by atoms with Crippen LogP contribution in [0.15, 0.2) is 203 Å². The van der Waals surface area contributed by atoms with Gasteiger partial charge in [0.1, 0.15) is 34.6 Å². The van der Waals surface area contributed by atoms with Gasteiger partial charge in [-0.15, -0.1) is 12.4 Å². The molecule has 0 spiro atoms. The summed E-state index contributed by atoms with van der Waals surface area (Å²) in [7, 11) is 2.00. The Hall–Kier alpha value is -8.98. The summed E-state index contributed by atoms with van der Waals surface area (Å²) in [4.78, 5) is 54.7. The minimum atomic E-state index is -0.987. The van der Waals surface area contributed by atoms with Crippen LogP contribution in [0.1, 0.15) is 109 Å². The van der Waals surface area contributed by atoms with E-state index in [-0.39, 0.29) is 69.7 Å². The van der Waals surface area contributed by atoms with Gasteiger partial charge in [0.25, 0.3) is 11.8 Å². The Balaban J connectivity index is 0.000000251. The van der Waals surface area contributed by atoms with Crippen LogP contribution in [-0.2, 0) is 46.7 Å². The number of carbonyl (C=O) groups is 3. The molecule has 5 heterocycles. The number of rotatable bonds is 18. The van der Waals surface area contributed by atoms with Crippen molar-refractivity contribution in [2.24, 2.45) is 50.1 Å². The fourth-order valence-electron chi connectivity index (χ4n) is 13.9. The number of hydrogen-bond acceptors (Lipinski definition) is 12. The first kappa shape index (κ1) is 85.7. The Bertz CT molecular complexity index is 4090. The number of aliphatic hydroxyl groups excluding tert-OH is 2. The lowest BCUT2D eigenvalue weighted by Gasteiger charge is -2.24. The number of nitrogens with zero attached hydrogens (tertiary/aromatic N) is 5. The van der Waals surface area contributed by atoms with E-state index >= 15 is 0 Å². The lowest BCUT2D eigenvalue weighted by Crippen LogP contribution is -2.42. The molecular weight excluding hydrogens is 1340 g/mol. The molecule has 15 nitrogen and oxygen atoms in total. The lowest BCUT2D eigenvalue weighted by atomic mass is 10.0. The van der Waals surface area contributed by atoms with Gasteiger partial charge in [0.2, 0.25) is 0 Å². The zero-order valence-electron chi connectivity index (χ0n) is 58.1. The van der Waals surface area contributed by atoms with Gasteiger partial charge in [-0.3, -0.25) is 19.4 Å². The highest BCUT2D eigenvalue weighted by atomic mass is 35.5. The van der Waals surface area contributed by atoms with Crippen molar-refractivity contribution in [1.82, 2.24) is 20.4 Å². The highest BCUT2D eigenvalue weighted by Crippen LogP contribution is 2.37. The number of amides is 2. The predicted molar refractivity (Wildman–Crippen MR) is 422 cm³/mol. The summed E-state index contributed by atoms with van der Waals surface area (Å²) in [5, 5.41) is 29.1. The summed E-state index contributed by atoms with van der Waals surface area (Å²) >= 11 is 0. The molecule has 0 aromatic heterocycles. The van der Waals surface area contributed by atoms with Gasteiger partial charge in [-0.1, -0.05) is 182 Å². The van der Waals surface area contributed by atoms with Gasteiger partial charge in [0, 0.05) is 91.4 Å². The molecule has 1 saturated carbocycles. The van der Waals surface area contributed by atoms with Crippen LogP contribution in [0.3, 0.4) is 0 Å². The average Bonchev–Trinajstić information content (AvgIpc) is 1.64. The van der Waals surface area contributed by atoms with Crippen molar-refractivity contribution in [2.45, 2.75) is 126 Å². The van der Waals surface area contributed by atoms with Crippen molar-refractivity contribution in [3.63, 3.8) is 0 Å². The molecule has 104 heavy (non-hydrogen) atoms. The van der Waals surface area contributed by atoms with E-state index in [1.165, 1.54) is 66.9 Å². The van der Waals surface area contributed by atoms with Crippen molar-refractivity contribution in [3.8, 4) is 33.4 Å². The highest BCUT2D eigenvalue weighted by Gasteiger charge is 2.33. The second kappa shape index (κ2) is 42.7. The van der Waals surface area contributed by atoms with Crippen molar-refractivity contribution in [2.75, 3.05) is 53.5 Å². The normalized spacial score (nSPS) is 18.4. The molecule has 2 saturated heterocycles. The third-order valence-corrected chi connectivity index (χ3v) is 19.5. The Morgan fingerprint density at radius 3 is 1.15 bits per heavy atom. The molecule has 9 N–H and O–H groups in total. The molecule has 1 aliphatic carbocycles. The first-order valence-corrected chi connectivity index (χ1v) is 34.7. The number of benzene rings is 8. The van der Waals surface area contributed by atoms with Crippen molar-refractivity contribution >= 4 is 64.4 Å². The quantitative estimate of drug-likeness (QED) is 0.0429. The molecule has 0 bridgehead atoms. The largest absolute Gasteiger partial charge is 0.477 e. The highest BCUT2D eigenvalue weighted by molar-refractivity contribution is 6.41. The summed E-state index contributed by atoms with van der Waals surface area (Å²) in [6.45, 7) is 11.7. The molecule has 8 aromatic carbocycles. The number of aliphatic hydroxyl groups is 2. The molecule has 3 fully saturated rings. The number of carbonyl (C=O) groups excluding carboxylic acids is 2. The standard InChI is InChI=1S/C29H30FN3O.C22H24FN3O.C15H10FNO2.C14H22N2.2CH4O.3CH4.ClH/c1-2-20-14-26(33(18-20)19-21-6-4-3-5-7-21)17-31-29(34)28-16-24-9-8-23(15-27(24)32-28)22-10-12-25(30)13-11-22;23-19-7-5-16(6-8-19)17-3-4-18-11-21(26-20(18)10-17)22(27)25-13-15-2-1-14(9-15)12-24;16-12-5-3-9(4-6-12)10-1-2-11-8-14(15(18)19)17-13(11)7-10;1-2-12-8-14(9-15)16(10-12)11-13-6-4-3-5-7-13;2*1-2;;;;/h3-13,15,20,26H,2,14,16-19H2,1H3,(H,31,34);3-8,10,14-15H,1-2,9,11-13,24H2,(H,25,27);1-7H,8H2,(H,18,19);3-7,12,14H,2,8-11,15H2,1H3;2*2H,1H3;3*1H4;1H/t20-,26-;14-,15+;;12-,14-;;;;;;/m01.0....../s1. The van der Waals surface area contributed by atoms with Crippen molar-refractivity contribution < 1.29 is 42.9 Å². The molecule has 8 aromatic rings. The maximum absolute atomic E-state index is 13.3. The fourth-order valence-corrected chi connectivity index (χ4v) is 13.9. The maximum Gasteiger partial charge on any atom is 0.350 e. The minimum absolute atomic E-state index is 0. The average molecular weight is 1440 g/mol. The predicted octanol–water partition coefficient (Wildman–Crippen LogP) is 16.1. The second-order valence-corrected chi connectivity index (χ2v) is 26.2. The number of hydrogen-bond donors (Lipinski definition) is 7. The number of halogens is 4. The Kier molecular flexibility index (Phi) is 35.2. The van der Waals surface area contributed by atoms with Gasteiger partial charge < -0.3 is 37.4 Å². The molecule has 556 valence electrons. The lowest BCUT2D eigenvalue weighted by molar-refractivity contribution is -0.129. The van der Waals surface area contributed by atoms with Crippen LogP contribution in [0.5, 0.6) is 0 Å². The summed E-state index contributed by atoms with van der Waals surface area (Å²) < 4.78 is 39.2. The molecular formula is C85H107ClF3N9O6. The SMILES string of the molecule is C.C.C.CC[C@H]1C[C@@H](CN)N(Cc2ccccc2)C1.CC[C@H]1C[C@@H](CNC(=O)C2=Nc3cc(-c4ccc(F)cc4)ccc3C2)N(Cc2ccccc2)C1.CO.CO.Cl.NC[C@@H]1CC[C@H](CNC(=O)C2=Nc3cc(-c4ccc(F)cc4)ccc3C2)C1.O=C(O)C1=Nc2cc(-c3ccc(F)cc3)ccc2C1. The zero-order chi connectivity index (χ0) is 71.1. The zero-order valence-corrected chi connectivity index (χ0v) is 58.9. The molecule has 0 unspecified atom stereocenters. The first-order valence-electron chi connectivity index (χ1n) is 34.7. The van der Waals surface area contributed by atoms with Gasteiger partial charge in [-0.05, 0) is 178 Å². The summed E-state index contributed by atoms with van der Waals surface area (Å²) in [5.74, 6) is 0.705. The topological polar surface area (TPSA) is 232 Å². The number of likely N-dealkylation sites (tertiary alicyclic amines) is 2. The van der Waals surface area contributed by atoms with Crippen LogP contribution in [0.2, 0.25) is 0 Å². The fraction of sp³-hybridized carbons (Fsp3) is 0.365. The van der Waals surface area contributed by atoms with Crippen LogP contribution in [0.25, 0.3) is 33.4 Å². The Labute approximate surface area is 620 Å². The van der Waals surface area contributed by atoms with Gasteiger partial charge in [0.15, 0.2) is 0 Å². The van der Waals surface area contributed by atoms with E-state index in [0.717, 1.165) is 146 Å². The van der Waals surface area contributed by atoms with Crippen LogP contribution >= 0.6 is 12.4 Å². The molecule has 19 heteroatoms. The Morgan fingerprint density at radius 2 is 0.788 bits per heavy atom. The van der Waals surface area contributed by atoms with Crippen LogP contribution < -0.4 is 22.1 Å².